The topological polar surface area (TPSA) is 21.3 Å². The molecule has 0 fully saturated rings. The van der Waals surface area contributed by atoms with Crippen molar-refractivity contribution in [3.63, 3.8) is 0 Å². The van der Waals surface area contributed by atoms with Crippen LogP contribution in [-0.2, 0) is 4.74 Å². The Labute approximate surface area is 108 Å². The van der Waals surface area contributed by atoms with Crippen LogP contribution in [-0.4, -0.2) is 32.5 Å². The third kappa shape index (κ3) is 12.2. The van der Waals surface area contributed by atoms with E-state index in [9.17, 15) is 13.2 Å². The van der Waals surface area contributed by atoms with E-state index in [1.165, 1.54) is 25.7 Å². The van der Waals surface area contributed by atoms with Crippen LogP contribution in [0.15, 0.2) is 0 Å². The molecule has 1 unspecified atom stereocenters. The summed E-state index contributed by atoms with van der Waals surface area (Å²) in [5.41, 5.74) is 0. The third-order valence-corrected chi connectivity index (χ3v) is 2.90. The predicted molar refractivity (Wildman–Crippen MR) is 67.7 cm³/mol. The molecule has 0 radical (unpaired) electrons. The van der Waals surface area contributed by atoms with E-state index >= 15 is 0 Å². The zero-order valence-corrected chi connectivity index (χ0v) is 11.5. The van der Waals surface area contributed by atoms with Crippen molar-refractivity contribution in [1.29, 1.82) is 0 Å². The zero-order chi connectivity index (χ0) is 13.9. The average molecular weight is 269 g/mol. The van der Waals surface area contributed by atoms with E-state index < -0.39 is 12.8 Å². The van der Waals surface area contributed by atoms with Gasteiger partial charge in [-0.3, -0.25) is 0 Å². The second-order valence-corrected chi connectivity index (χ2v) is 4.67. The van der Waals surface area contributed by atoms with Gasteiger partial charge in [0.25, 0.3) is 0 Å². The number of halogens is 3. The quantitative estimate of drug-likeness (QED) is 0.574. The molecule has 0 saturated carbocycles. The van der Waals surface area contributed by atoms with Gasteiger partial charge in [0.15, 0.2) is 0 Å². The summed E-state index contributed by atoms with van der Waals surface area (Å²) in [5, 5.41) is 3.00. The minimum absolute atomic E-state index is 0.0264. The lowest BCUT2D eigenvalue weighted by molar-refractivity contribution is -0.175. The Morgan fingerprint density at radius 2 is 1.67 bits per heavy atom. The van der Waals surface area contributed by atoms with E-state index in [0.717, 1.165) is 19.3 Å². The van der Waals surface area contributed by atoms with Gasteiger partial charge in [-0.05, 0) is 13.5 Å². The van der Waals surface area contributed by atoms with Crippen LogP contribution in [0.1, 0.15) is 51.9 Å². The van der Waals surface area contributed by atoms with E-state index in [0.29, 0.717) is 0 Å². The number of alkyl halides is 3. The maximum atomic E-state index is 11.9. The molecule has 0 aliphatic rings. The van der Waals surface area contributed by atoms with E-state index in [1.807, 2.05) is 0 Å². The van der Waals surface area contributed by atoms with Gasteiger partial charge in [-0.1, -0.05) is 45.4 Å². The highest BCUT2D eigenvalue weighted by Crippen LogP contribution is 2.15. The molecule has 1 N–H and O–H groups in total. The summed E-state index contributed by atoms with van der Waals surface area (Å²) in [6.07, 6.45) is 3.81. The Bertz CT molecular complexity index is 186. The van der Waals surface area contributed by atoms with Gasteiger partial charge in [0.05, 0.1) is 6.61 Å². The highest BCUT2D eigenvalue weighted by Gasteiger charge is 2.27. The minimum Gasteiger partial charge on any atom is -0.370 e. The summed E-state index contributed by atoms with van der Waals surface area (Å²) < 4.78 is 40.3. The van der Waals surface area contributed by atoms with Crippen molar-refractivity contribution in [3.8, 4) is 0 Å². The van der Waals surface area contributed by atoms with Gasteiger partial charge in [-0.25, -0.2) is 0 Å². The first-order valence-corrected chi connectivity index (χ1v) is 6.81. The van der Waals surface area contributed by atoms with Crippen molar-refractivity contribution in [2.75, 3.05) is 20.3 Å². The molecule has 0 saturated heterocycles. The van der Waals surface area contributed by atoms with E-state index in [-0.39, 0.29) is 12.6 Å². The number of hydrogen-bond donors (Lipinski definition) is 1. The van der Waals surface area contributed by atoms with Crippen molar-refractivity contribution < 1.29 is 17.9 Å². The number of likely N-dealkylation sites (N-methyl/N-ethyl adjacent to an activating group) is 1. The molecule has 0 aromatic rings. The fraction of sp³-hybridized carbons (Fsp3) is 1.00. The Morgan fingerprint density at radius 1 is 1.06 bits per heavy atom. The molecule has 0 aliphatic heterocycles. The van der Waals surface area contributed by atoms with Crippen molar-refractivity contribution in [3.05, 3.63) is 0 Å². The maximum absolute atomic E-state index is 11.9. The standard InChI is InChI=1S/C13H26F3NO/c1-3-4-5-6-7-8-9-12(17-2)10-18-11-13(14,15)16/h12,17H,3-11H2,1-2H3. The third-order valence-electron chi connectivity index (χ3n) is 2.90. The van der Waals surface area contributed by atoms with Crippen molar-refractivity contribution in [2.45, 2.75) is 64.1 Å². The molecule has 0 aliphatic carbocycles. The average Bonchev–Trinajstić information content (AvgIpc) is 2.29. The van der Waals surface area contributed by atoms with Crippen molar-refractivity contribution in [1.82, 2.24) is 5.32 Å². The van der Waals surface area contributed by atoms with Crippen LogP contribution < -0.4 is 5.32 Å². The number of hydrogen-bond acceptors (Lipinski definition) is 2. The van der Waals surface area contributed by atoms with E-state index in [1.54, 1.807) is 7.05 Å². The Kier molecular flexibility index (Phi) is 10.4. The summed E-state index contributed by atoms with van der Waals surface area (Å²) in [6, 6.07) is 0.0264. The second-order valence-electron chi connectivity index (χ2n) is 4.67. The van der Waals surface area contributed by atoms with Crippen LogP contribution >= 0.6 is 0 Å². The fourth-order valence-electron chi connectivity index (χ4n) is 1.80. The second kappa shape index (κ2) is 10.6. The van der Waals surface area contributed by atoms with Crippen LogP contribution in [0.25, 0.3) is 0 Å². The fourth-order valence-corrected chi connectivity index (χ4v) is 1.80. The molecule has 0 bridgehead atoms. The van der Waals surface area contributed by atoms with Crippen LogP contribution in [0.5, 0.6) is 0 Å². The lowest BCUT2D eigenvalue weighted by Crippen LogP contribution is -2.32. The molecule has 1 atom stereocenters. The van der Waals surface area contributed by atoms with Crippen LogP contribution in [0.4, 0.5) is 13.2 Å². The van der Waals surface area contributed by atoms with Gasteiger partial charge in [0, 0.05) is 6.04 Å². The Balaban J connectivity index is 3.47. The van der Waals surface area contributed by atoms with Gasteiger partial charge in [0.1, 0.15) is 6.61 Å². The first-order valence-electron chi connectivity index (χ1n) is 6.81. The molecule has 0 rings (SSSR count). The normalized spacial score (nSPS) is 13.8. The molecule has 0 amide bonds. The monoisotopic (exact) mass is 269 g/mol. The molecule has 0 spiro atoms. The number of unbranched alkanes of at least 4 members (excludes halogenated alkanes) is 5. The lowest BCUT2D eigenvalue weighted by atomic mass is 10.1. The van der Waals surface area contributed by atoms with Gasteiger partial charge >= 0.3 is 6.18 Å². The van der Waals surface area contributed by atoms with Crippen molar-refractivity contribution >= 4 is 0 Å². The highest BCUT2D eigenvalue weighted by molar-refractivity contribution is 4.64. The summed E-state index contributed by atoms with van der Waals surface area (Å²) >= 11 is 0. The summed E-state index contributed by atoms with van der Waals surface area (Å²) in [6.45, 7) is 1.15. The first-order chi connectivity index (χ1) is 8.49. The first kappa shape index (κ1) is 17.7. The molecule has 110 valence electrons. The molecule has 0 aromatic carbocycles. The molecule has 0 heterocycles. The van der Waals surface area contributed by atoms with E-state index in [2.05, 4.69) is 17.0 Å². The van der Waals surface area contributed by atoms with Crippen LogP contribution in [0.3, 0.4) is 0 Å². The van der Waals surface area contributed by atoms with Gasteiger partial charge in [0.2, 0.25) is 0 Å². The molecule has 0 aromatic heterocycles. The highest BCUT2D eigenvalue weighted by atomic mass is 19.4. The summed E-state index contributed by atoms with van der Waals surface area (Å²) in [4.78, 5) is 0. The largest absolute Gasteiger partial charge is 0.411 e. The van der Waals surface area contributed by atoms with Gasteiger partial charge < -0.3 is 10.1 Å². The SMILES string of the molecule is CCCCCCCCC(COCC(F)(F)F)NC. The summed E-state index contributed by atoms with van der Waals surface area (Å²) in [7, 11) is 1.76. The maximum Gasteiger partial charge on any atom is 0.411 e. The van der Waals surface area contributed by atoms with Gasteiger partial charge in [-0.15, -0.1) is 0 Å². The van der Waals surface area contributed by atoms with Crippen LogP contribution in [0.2, 0.25) is 0 Å². The van der Waals surface area contributed by atoms with Gasteiger partial charge in [-0.2, -0.15) is 13.2 Å². The lowest BCUT2D eigenvalue weighted by Gasteiger charge is -2.17. The predicted octanol–water partition coefficient (Wildman–Crippen LogP) is 3.90. The summed E-state index contributed by atoms with van der Waals surface area (Å²) in [5.74, 6) is 0. The smallest absolute Gasteiger partial charge is 0.370 e. The van der Waals surface area contributed by atoms with Crippen molar-refractivity contribution in [2.24, 2.45) is 0 Å². The molecular weight excluding hydrogens is 243 g/mol. The minimum atomic E-state index is -4.22. The van der Waals surface area contributed by atoms with E-state index in [4.69, 9.17) is 0 Å². The molecule has 2 nitrogen and oxygen atoms in total. The Hall–Kier alpha value is -0.290. The zero-order valence-electron chi connectivity index (χ0n) is 11.5. The number of rotatable bonds is 11. The number of nitrogens with one attached hydrogen (secondary N) is 1. The van der Waals surface area contributed by atoms with Crippen LogP contribution in [0, 0.1) is 0 Å². The molecule has 5 heteroatoms. The Morgan fingerprint density at radius 3 is 2.22 bits per heavy atom. The number of ether oxygens (including phenoxy) is 1. The molecule has 18 heavy (non-hydrogen) atoms. The molecular formula is C13H26F3NO.